The summed E-state index contributed by atoms with van der Waals surface area (Å²) in [7, 11) is 0. The van der Waals surface area contributed by atoms with Crippen molar-refractivity contribution in [3.05, 3.63) is 0 Å². The molecule has 1 saturated heterocycles. The minimum Gasteiger partial charge on any atom is -0.326 e. The van der Waals surface area contributed by atoms with E-state index in [1.54, 1.807) is 0 Å². The van der Waals surface area contributed by atoms with E-state index in [1.165, 1.54) is 19.4 Å². The molecule has 0 radical (unpaired) electrons. The van der Waals surface area contributed by atoms with Gasteiger partial charge in [0.05, 0.1) is 0 Å². The molecule has 2 N–H and O–H groups in total. The molecule has 1 fully saturated rings. The van der Waals surface area contributed by atoms with Crippen LogP contribution in [0.2, 0.25) is 0 Å². The van der Waals surface area contributed by atoms with E-state index in [0.29, 0.717) is 12.1 Å². The molecule has 1 heterocycles. The molecule has 2 heteroatoms. The number of likely N-dealkylation sites (tertiary alicyclic amines) is 1. The second kappa shape index (κ2) is 3.35. The third-order valence-electron chi connectivity index (χ3n) is 2.54. The standard InChI is InChI=1S/C8H18N2/c1-3-8-7(9)5-6-10(8)4-2/h7-8H,3-6,9H2,1-2H3. The Labute approximate surface area is 63.4 Å². The number of nitrogens with two attached hydrogens (primary N) is 1. The lowest BCUT2D eigenvalue weighted by Crippen LogP contribution is -2.38. The largest absolute Gasteiger partial charge is 0.326 e. The Morgan fingerprint density at radius 1 is 1.50 bits per heavy atom. The zero-order valence-corrected chi connectivity index (χ0v) is 7.01. The molecular formula is C8H18N2. The van der Waals surface area contributed by atoms with Gasteiger partial charge in [0.25, 0.3) is 0 Å². The van der Waals surface area contributed by atoms with Gasteiger partial charge in [-0.15, -0.1) is 0 Å². The minimum absolute atomic E-state index is 0.435. The van der Waals surface area contributed by atoms with Gasteiger partial charge < -0.3 is 5.73 Å². The van der Waals surface area contributed by atoms with Crippen LogP contribution < -0.4 is 5.73 Å². The Kier molecular flexibility index (Phi) is 2.69. The van der Waals surface area contributed by atoms with Gasteiger partial charge in [-0.05, 0) is 19.4 Å². The number of nitrogens with zero attached hydrogens (tertiary/aromatic N) is 1. The summed E-state index contributed by atoms with van der Waals surface area (Å²) in [5, 5.41) is 0. The molecule has 1 rings (SSSR count). The predicted molar refractivity (Wildman–Crippen MR) is 43.9 cm³/mol. The van der Waals surface area contributed by atoms with Crippen molar-refractivity contribution < 1.29 is 0 Å². The highest BCUT2D eigenvalue weighted by molar-refractivity contribution is 4.87. The summed E-state index contributed by atoms with van der Waals surface area (Å²) in [5.74, 6) is 0. The molecule has 2 nitrogen and oxygen atoms in total. The fourth-order valence-electron chi connectivity index (χ4n) is 1.90. The molecule has 0 saturated carbocycles. The van der Waals surface area contributed by atoms with Crippen molar-refractivity contribution in [2.45, 2.75) is 38.8 Å². The van der Waals surface area contributed by atoms with E-state index < -0.39 is 0 Å². The van der Waals surface area contributed by atoms with Gasteiger partial charge in [0.1, 0.15) is 0 Å². The van der Waals surface area contributed by atoms with E-state index in [0.717, 1.165) is 6.54 Å². The number of hydrogen-bond donors (Lipinski definition) is 1. The van der Waals surface area contributed by atoms with Crippen LogP contribution in [0.5, 0.6) is 0 Å². The van der Waals surface area contributed by atoms with E-state index in [9.17, 15) is 0 Å². The van der Waals surface area contributed by atoms with Gasteiger partial charge in [0.2, 0.25) is 0 Å². The van der Waals surface area contributed by atoms with Gasteiger partial charge in [-0.1, -0.05) is 13.8 Å². The van der Waals surface area contributed by atoms with Crippen molar-refractivity contribution in [2.24, 2.45) is 5.73 Å². The number of rotatable bonds is 2. The Morgan fingerprint density at radius 3 is 2.60 bits per heavy atom. The second-order valence-corrected chi connectivity index (χ2v) is 3.06. The quantitative estimate of drug-likeness (QED) is 0.618. The molecule has 60 valence electrons. The van der Waals surface area contributed by atoms with Crippen LogP contribution in [0.25, 0.3) is 0 Å². The lowest BCUT2D eigenvalue weighted by Gasteiger charge is -2.23. The van der Waals surface area contributed by atoms with Crippen molar-refractivity contribution >= 4 is 0 Å². The Balaban J connectivity index is 2.45. The molecule has 2 atom stereocenters. The van der Waals surface area contributed by atoms with Crippen molar-refractivity contribution in [1.82, 2.24) is 4.90 Å². The summed E-state index contributed by atoms with van der Waals surface area (Å²) >= 11 is 0. The van der Waals surface area contributed by atoms with Gasteiger partial charge in [-0.2, -0.15) is 0 Å². The molecular weight excluding hydrogens is 124 g/mol. The molecule has 0 aliphatic carbocycles. The van der Waals surface area contributed by atoms with Crippen molar-refractivity contribution in [2.75, 3.05) is 13.1 Å². The van der Waals surface area contributed by atoms with Crippen LogP contribution in [0.4, 0.5) is 0 Å². The van der Waals surface area contributed by atoms with Crippen LogP contribution in [0.15, 0.2) is 0 Å². The molecule has 10 heavy (non-hydrogen) atoms. The Bertz CT molecular complexity index is 103. The topological polar surface area (TPSA) is 29.3 Å². The minimum atomic E-state index is 0.435. The predicted octanol–water partition coefficient (Wildman–Crippen LogP) is 0.818. The van der Waals surface area contributed by atoms with Crippen LogP contribution in [0.3, 0.4) is 0 Å². The Hall–Kier alpha value is -0.0800. The highest BCUT2D eigenvalue weighted by atomic mass is 15.2. The van der Waals surface area contributed by atoms with Gasteiger partial charge in [-0.3, -0.25) is 4.90 Å². The molecule has 0 amide bonds. The van der Waals surface area contributed by atoms with Gasteiger partial charge in [0.15, 0.2) is 0 Å². The van der Waals surface area contributed by atoms with Crippen LogP contribution >= 0.6 is 0 Å². The van der Waals surface area contributed by atoms with Crippen molar-refractivity contribution in [1.29, 1.82) is 0 Å². The first-order chi connectivity index (χ1) is 4.79. The van der Waals surface area contributed by atoms with Crippen molar-refractivity contribution in [3.8, 4) is 0 Å². The first-order valence-electron chi connectivity index (χ1n) is 4.29. The number of likely N-dealkylation sites (N-methyl/N-ethyl adjacent to an activating group) is 1. The summed E-state index contributed by atoms with van der Waals surface area (Å²) in [6, 6.07) is 1.09. The molecule has 2 unspecified atom stereocenters. The SMILES string of the molecule is CCC1C(N)CCN1CC. The zero-order chi connectivity index (χ0) is 7.56. The van der Waals surface area contributed by atoms with E-state index in [4.69, 9.17) is 5.73 Å². The highest BCUT2D eigenvalue weighted by Crippen LogP contribution is 2.17. The summed E-state index contributed by atoms with van der Waals surface area (Å²) in [6.45, 7) is 6.79. The molecule has 0 spiro atoms. The number of hydrogen-bond acceptors (Lipinski definition) is 2. The van der Waals surface area contributed by atoms with E-state index >= 15 is 0 Å². The highest BCUT2D eigenvalue weighted by Gasteiger charge is 2.28. The fourth-order valence-corrected chi connectivity index (χ4v) is 1.90. The first kappa shape index (κ1) is 8.02. The maximum atomic E-state index is 5.91. The Morgan fingerprint density at radius 2 is 2.20 bits per heavy atom. The van der Waals surface area contributed by atoms with E-state index in [1.807, 2.05) is 0 Å². The molecule has 0 aromatic carbocycles. The first-order valence-corrected chi connectivity index (χ1v) is 4.29. The average Bonchev–Trinajstić information content (AvgIpc) is 2.30. The van der Waals surface area contributed by atoms with Crippen LogP contribution in [-0.2, 0) is 0 Å². The molecule has 1 aliphatic heterocycles. The van der Waals surface area contributed by atoms with Gasteiger partial charge in [0, 0.05) is 18.6 Å². The molecule has 0 aromatic heterocycles. The van der Waals surface area contributed by atoms with E-state index in [-0.39, 0.29) is 0 Å². The smallest absolute Gasteiger partial charge is 0.0244 e. The van der Waals surface area contributed by atoms with Crippen LogP contribution in [-0.4, -0.2) is 30.1 Å². The van der Waals surface area contributed by atoms with Gasteiger partial charge >= 0.3 is 0 Å². The zero-order valence-electron chi connectivity index (χ0n) is 7.01. The van der Waals surface area contributed by atoms with Crippen LogP contribution in [0, 0.1) is 0 Å². The van der Waals surface area contributed by atoms with Gasteiger partial charge in [-0.25, -0.2) is 0 Å². The summed E-state index contributed by atoms with van der Waals surface area (Å²) in [4.78, 5) is 2.48. The maximum Gasteiger partial charge on any atom is 0.0244 e. The maximum absolute atomic E-state index is 5.91. The lowest BCUT2D eigenvalue weighted by atomic mass is 10.1. The monoisotopic (exact) mass is 142 g/mol. The lowest BCUT2D eigenvalue weighted by molar-refractivity contribution is 0.251. The van der Waals surface area contributed by atoms with Crippen molar-refractivity contribution in [3.63, 3.8) is 0 Å². The summed E-state index contributed by atoms with van der Waals surface area (Å²) < 4.78 is 0. The fraction of sp³-hybridized carbons (Fsp3) is 1.00. The average molecular weight is 142 g/mol. The van der Waals surface area contributed by atoms with Crippen LogP contribution in [0.1, 0.15) is 26.7 Å². The van der Waals surface area contributed by atoms with E-state index in [2.05, 4.69) is 18.7 Å². The molecule has 1 aliphatic rings. The third-order valence-corrected chi connectivity index (χ3v) is 2.54. The normalized spacial score (nSPS) is 35.1. The summed E-state index contributed by atoms with van der Waals surface area (Å²) in [5.41, 5.74) is 5.91. The summed E-state index contributed by atoms with van der Waals surface area (Å²) in [6.07, 6.45) is 2.39. The third kappa shape index (κ3) is 1.32. The molecule has 0 bridgehead atoms. The molecule has 0 aromatic rings. The second-order valence-electron chi connectivity index (χ2n) is 3.06.